The number of carbonyl (C=O) groups excluding carboxylic acids is 7. The van der Waals surface area contributed by atoms with Crippen molar-refractivity contribution in [1.82, 2.24) is 26.2 Å². The summed E-state index contributed by atoms with van der Waals surface area (Å²) >= 11 is 0. The molecule has 4 N–H and O–H groups in total. The third-order valence-electron chi connectivity index (χ3n) is 9.90. The summed E-state index contributed by atoms with van der Waals surface area (Å²) in [6, 6.07) is 5.52. The number of ether oxygens (including phenoxy) is 1. The summed E-state index contributed by atoms with van der Waals surface area (Å²) in [5.41, 5.74) is -0.317. The minimum atomic E-state index is -1.20. The van der Waals surface area contributed by atoms with Crippen molar-refractivity contribution in [1.29, 1.82) is 0 Å². The average molecular weight is 698 g/mol. The van der Waals surface area contributed by atoms with E-state index in [9.17, 15) is 33.6 Å². The zero-order valence-electron chi connectivity index (χ0n) is 31.0. The van der Waals surface area contributed by atoms with Crippen molar-refractivity contribution in [2.45, 2.75) is 86.4 Å². The van der Waals surface area contributed by atoms with Gasteiger partial charge in [0.15, 0.2) is 5.78 Å². The number of hydrogen-bond donors (Lipinski definition) is 4. The molecule has 0 spiro atoms. The number of Topliss-reactive ketones (excluding diaryl/α,β-unsaturated/α-hetero) is 2. The van der Waals surface area contributed by atoms with Crippen molar-refractivity contribution in [3.63, 3.8) is 0 Å². The van der Waals surface area contributed by atoms with Gasteiger partial charge in [-0.05, 0) is 47.0 Å². The van der Waals surface area contributed by atoms with Gasteiger partial charge in [-0.2, -0.15) is 0 Å². The van der Waals surface area contributed by atoms with Crippen LogP contribution in [0.25, 0.3) is 0 Å². The van der Waals surface area contributed by atoms with Gasteiger partial charge in [-0.3, -0.25) is 28.8 Å². The SMILES string of the molecule is CCC(NC(=O)C1C(C(=O)[C@@H](NC(=O)OCC(C)C)C(C)(C)C)CC2C1C2(C)C)C(=O)C(=O)NCC(=O)NC(C(=O)N(C)C)c1ccccc1. The lowest BCUT2D eigenvalue weighted by Gasteiger charge is -2.35. The maximum atomic E-state index is 14.1. The molecule has 2 saturated carbocycles. The first-order chi connectivity index (χ1) is 23.2. The van der Waals surface area contributed by atoms with Crippen LogP contribution in [0.5, 0.6) is 0 Å². The van der Waals surface area contributed by atoms with Crippen LogP contribution >= 0.6 is 0 Å². The molecule has 1 aromatic rings. The third kappa shape index (κ3) is 9.48. The van der Waals surface area contributed by atoms with Crippen LogP contribution in [0.2, 0.25) is 0 Å². The fraction of sp³-hybridized carbons (Fsp3) is 0.649. The van der Waals surface area contributed by atoms with Gasteiger partial charge in [0, 0.05) is 20.0 Å². The molecular weight excluding hydrogens is 642 g/mol. The number of amides is 5. The lowest BCUT2D eigenvalue weighted by atomic mass is 9.74. The molecule has 2 aliphatic rings. The first kappa shape index (κ1) is 40.1. The first-order valence-corrected chi connectivity index (χ1v) is 17.4. The Kier molecular flexibility index (Phi) is 13.0. The van der Waals surface area contributed by atoms with E-state index in [0.717, 1.165) is 0 Å². The Balaban J connectivity index is 1.69. The first-order valence-electron chi connectivity index (χ1n) is 17.4. The molecule has 0 heterocycles. The fourth-order valence-electron chi connectivity index (χ4n) is 7.02. The smallest absolute Gasteiger partial charge is 0.407 e. The van der Waals surface area contributed by atoms with Gasteiger partial charge in [0.2, 0.25) is 23.5 Å². The molecule has 50 heavy (non-hydrogen) atoms. The van der Waals surface area contributed by atoms with Crippen molar-refractivity contribution in [3.05, 3.63) is 35.9 Å². The standard InChI is InChI=1S/C37H55N5O8/c1-11-24(30(45)33(47)38-18-25(43)40-28(34(48)42(9)10)21-15-13-12-14-16-21)39-32(46)26-22(17-23-27(26)37(23,7)8)29(44)31(36(4,5)6)41-35(49)50-19-20(2)3/h12-16,20,22-24,26-28,31H,11,17-19H2,1-10H3,(H,38,47)(H,39,46)(H,40,43)(H,41,49)/t22?,23?,24?,26?,27?,28?,31-/m1/s1. The number of nitrogens with zero attached hydrogens (tertiary/aromatic N) is 1. The lowest BCUT2D eigenvalue weighted by molar-refractivity contribution is -0.142. The predicted octanol–water partition coefficient (Wildman–Crippen LogP) is 2.79. The van der Waals surface area contributed by atoms with Crippen molar-refractivity contribution in [2.75, 3.05) is 27.2 Å². The highest BCUT2D eigenvalue weighted by atomic mass is 16.5. The van der Waals surface area contributed by atoms with Crippen LogP contribution in [0.4, 0.5) is 4.79 Å². The van der Waals surface area contributed by atoms with Gasteiger partial charge in [0.25, 0.3) is 5.91 Å². The summed E-state index contributed by atoms with van der Waals surface area (Å²) in [6.07, 6.45) is -0.147. The summed E-state index contributed by atoms with van der Waals surface area (Å²) in [4.78, 5) is 93.7. The molecular formula is C37H55N5O8. The lowest BCUT2D eigenvalue weighted by Crippen LogP contribution is -2.55. The van der Waals surface area contributed by atoms with Crippen molar-refractivity contribution in [3.8, 4) is 0 Å². The fourth-order valence-corrected chi connectivity index (χ4v) is 7.02. The van der Waals surface area contributed by atoms with E-state index in [0.29, 0.717) is 12.0 Å². The molecule has 5 amide bonds. The summed E-state index contributed by atoms with van der Waals surface area (Å²) in [7, 11) is 3.12. The zero-order chi connectivity index (χ0) is 37.7. The Morgan fingerprint density at radius 1 is 0.960 bits per heavy atom. The number of benzene rings is 1. The van der Waals surface area contributed by atoms with Gasteiger partial charge < -0.3 is 30.9 Å². The highest BCUT2D eigenvalue weighted by molar-refractivity contribution is 6.38. The number of likely N-dealkylation sites (N-methyl/N-ethyl adjacent to an activating group) is 1. The molecule has 3 rings (SSSR count). The Hall–Kier alpha value is -4.29. The van der Waals surface area contributed by atoms with Crippen LogP contribution in [0.15, 0.2) is 30.3 Å². The van der Waals surface area contributed by atoms with E-state index in [-0.39, 0.29) is 47.9 Å². The highest BCUT2D eigenvalue weighted by Gasteiger charge is 2.70. The predicted molar refractivity (Wildman–Crippen MR) is 186 cm³/mol. The number of alkyl carbamates (subject to hydrolysis) is 1. The van der Waals surface area contributed by atoms with E-state index < -0.39 is 71.5 Å². The van der Waals surface area contributed by atoms with E-state index >= 15 is 0 Å². The molecule has 0 saturated heterocycles. The molecule has 0 aromatic heterocycles. The second-order valence-electron chi connectivity index (χ2n) is 15.8. The van der Waals surface area contributed by atoms with Gasteiger partial charge >= 0.3 is 6.09 Å². The van der Waals surface area contributed by atoms with Crippen LogP contribution in [0.3, 0.4) is 0 Å². The van der Waals surface area contributed by atoms with Crippen LogP contribution in [-0.2, 0) is 33.5 Å². The summed E-state index contributed by atoms with van der Waals surface area (Å²) < 4.78 is 5.29. The molecule has 0 bridgehead atoms. The van der Waals surface area contributed by atoms with E-state index in [1.807, 2.05) is 48.5 Å². The zero-order valence-corrected chi connectivity index (χ0v) is 31.0. The molecule has 13 nitrogen and oxygen atoms in total. The normalized spacial score (nSPS) is 22.2. The Bertz CT molecular complexity index is 1450. The largest absolute Gasteiger partial charge is 0.449 e. The van der Waals surface area contributed by atoms with Gasteiger partial charge in [-0.15, -0.1) is 0 Å². The van der Waals surface area contributed by atoms with Crippen LogP contribution in [0.1, 0.15) is 79.8 Å². The van der Waals surface area contributed by atoms with Gasteiger partial charge in [0.1, 0.15) is 6.04 Å². The number of nitrogens with one attached hydrogen (secondary N) is 4. The molecule has 13 heteroatoms. The number of hydrogen-bond acceptors (Lipinski definition) is 8. The average Bonchev–Trinajstić information content (AvgIpc) is 3.35. The number of carbonyl (C=O) groups is 7. The molecule has 2 aliphatic carbocycles. The van der Waals surface area contributed by atoms with Crippen LogP contribution in [0, 0.1) is 40.4 Å². The maximum absolute atomic E-state index is 14.1. The van der Waals surface area contributed by atoms with Gasteiger partial charge in [0.05, 0.1) is 31.2 Å². The minimum absolute atomic E-state index is 0.0916. The Morgan fingerprint density at radius 3 is 2.12 bits per heavy atom. The molecule has 7 atom stereocenters. The number of ketones is 2. The summed E-state index contributed by atoms with van der Waals surface area (Å²) in [6.45, 7) is 14.7. The second-order valence-corrected chi connectivity index (χ2v) is 15.8. The van der Waals surface area contributed by atoms with Crippen molar-refractivity contribution >= 4 is 41.3 Å². The molecule has 1 aromatic carbocycles. The van der Waals surface area contributed by atoms with Crippen LogP contribution < -0.4 is 21.3 Å². The van der Waals surface area contributed by atoms with Crippen molar-refractivity contribution in [2.24, 2.45) is 40.4 Å². The second kappa shape index (κ2) is 16.2. The van der Waals surface area contributed by atoms with Gasteiger partial charge in [-0.25, -0.2) is 4.79 Å². The van der Waals surface area contributed by atoms with E-state index in [2.05, 4.69) is 21.3 Å². The van der Waals surface area contributed by atoms with Gasteiger partial charge in [-0.1, -0.05) is 85.7 Å². The third-order valence-corrected chi connectivity index (χ3v) is 9.90. The van der Waals surface area contributed by atoms with E-state index in [1.165, 1.54) is 4.90 Å². The minimum Gasteiger partial charge on any atom is -0.449 e. The molecule has 0 radical (unpaired) electrons. The molecule has 276 valence electrons. The van der Waals surface area contributed by atoms with E-state index in [1.54, 1.807) is 51.4 Å². The number of rotatable bonds is 15. The monoisotopic (exact) mass is 697 g/mol. The Labute approximate surface area is 295 Å². The highest BCUT2D eigenvalue weighted by Crippen LogP contribution is 2.71. The topological polar surface area (TPSA) is 180 Å². The van der Waals surface area contributed by atoms with Crippen LogP contribution in [-0.4, -0.2) is 85.5 Å². The van der Waals surface area contributed by atoms with Crippen molar-refractivity contribution < 1.29 is 38.3 Å². The molecule has 0 aliphatic heterocycles. The molecule has 6 unspecified atom stereocenters. The quantitative estimate of drug-likeness (QED) is 0.202. The van der Waals surface area contributed by atoms with E-state index in [4.69, 9.17) is 4.74 Å². The maximum Gasteiger partial charge on any atom is 0.407 e. The Morgan fingerprint density at radius 2 is 1.58 bits per heavy atom. The summed E-state index contributed by atoms with van der Waals surface area (Å²) in [5, 5.41) is 10.4. The molecule has 2 fully saturated rings. The number of fused-ring (bicyclic) bond motifs is 1. The summed E-state index contributed by atoms with van der Waals surface area (Å²) in [5.74, 6) is -5.20.